The average Bonchev–Trinajstić information content (AvgIpc) is 2.68. The Kier molecular flexibility index (Phi) is 21.5. The van der Waals surface area contributed by atoms with Crippen LogP contribution in [0.15, 0.2) is 0 Å². The van der Waals surface area contributed by atoms with Gasteiger partial charge < -0.3 is 4.89 Å². The number of phosphoric acid groups is 1. The first-order valence-corrected chi connectivity index (χ1v) is 18.0. The molecule has 188 valence electrons. The highest BCUT2D eigenvalue weighted by Crippen LogP contribution is 2.49. The molecule has 0 aliphatic carbocycles. The summed E-state index contributed by atoms with van der Waals surface area (Å²) >= 11 is 0. The first-order chi connectivity index (χ1) is 14.8. The summed E-state index contributed by atoms with van der Waals surface area (Å²) in [6.45, 7) is 9.48. The maximum atomic E-state index is 11.8. The normalized spacial score (nSPS) is 14.1. The van der Waals surface area contributed by atoms with E-state index in [9.17, 15) is 9.46 Å². The van der Waals surface area contributed by atoms with Gasteiger partial charge in [0.25, 0.3) is 0 Å². The van der Waals surface area contributed by atoms with Gasteiger partial charge in [-0.25, -0.2) is 4.57 Å². The predicted molar refractivity (Wildman–Crippen MR) is 140 cm³/mol. The quantitative estimate of drug-likeness (QED) is 0.110. The van der Waals surface area contributed by atoms with E-state index in [1.54, 1.807) is 0 Å². The monoisotopic (exact) mass is 481 g/mol. The molecule has 0 aromatic carbocycles. The molecule has 0 spiro atoms. The Morgan fingerprint density at radius 2 is 0.903 bits per heavy atom. The standard InChI is InChI=1S/C25H54O4P2/c1-5-6-7-8-9-10-11-12-13-14-15-16-17-18-19-20-21-22-23-28-31(26,27)29-24-25-30(2,3)4/h5-25H2,1-4H3/p+1. The zero-order valence-corrected chi connectivity index (χ0v) is 23.2. The summed E-state index contributed by atoms with van der Waals surface area (Å²) in [6, 6.07) is 0. The summed E-state index contributed by atoms with van der Waals surface area (Å²) in [6.07, 6.45) is 24.8. The van der Waals surface area contributed by atoms with Gasteiger partial charge in [-0.15, -0.1) is 0 Å². The Hall–Kier alpha value is 0.540. The van der Waals surface area contributed by atoms with Gasteiger partial charge in [0.1, 0.15) is 0 Å². The fourth-order valence-electron chi connectivity index (χ4n) is 3.65. The minimum Gasteiger partial charge on any atom is -0.302 e. The molecule has 0 aliphatic heterocycles. The van der Waals surface area contributed by atoms with Crippen molar-refractivity contribution in [3.63, 3.8) is 0 Å². The Morgan fingerprint density at radius 3 is 1.26 bits per heavy atom. The molecule has 1 N–H and O–H groups in total. The van der Waals surface area contributed by atoms with E-state index in [-0.39, 0.29) is 0 Å². The molecule has 0 radical (unpaired) electrons. The number of hydrogen-bond donors (Lipinski definition) is 1. The summed E-state index contributed by atoms with van der Waals surface area (Å²) in [5.41, 5.74) is 0. The summed E-state index contributed by atoms with van der Waals surface area (Å²) in [7, 11) is -4.84. The maximum Gasteiger partial charge on any atom is 0.472 e. The Bertz CT molecular complexity index is 424. The number of rotatable bonds is 24. The lowest BCUT2D eigenvalue weighted by Crippen LogP contribution is -2.04. The molecule has 0 aromatic heterocycles. The van der Waals surface area contributed by atoms with Gasteiger partial charge in [-0.3, -0.25) is 9.05 Å². The van der Waals surface area contributed by atoms with Crippen molar-refractivity contribution in [2.24, 2.45) is 0 Å². The van der Waals surface area contributed by atoms with Crippen LogP contribution in [0.1, 0.15) is 122 Å². The molecular weight excluding hydrogens is 426 g/mol. The smallest absolute Gasteiger partial charge is 0.302 e. The summed E-state index contributed by atoms with van der Waals surface area (Å²) in [5, 5.41) is 0. The van der Waals surface area contributed by atoms with Crippen LogP contribution in [0.3, 0.4) is 0 Å². The van der Waals surface area contributed by atoms with Crippen LogP contribution in [0.4, 0.5) is 0 Å². The molecule has 1 atom stereocenters. The summed E-state index contributed by atoms with van der Waals surface area (Å²) in [5.74, 6) is 0. The highest BCUT2D eigenvalue weighted by atomic mass is 31.2. The van der Waals surface area contributed by atoms with Crippen molar-refractivity contribution in [2.75, 3.05) is 39.4 Å². The molecule has 31 heavy (non-hydrogen) atoms. The third kappa shape index (κ3) is 26.7. The van der Waals surface area contributed by atoms with Crippen LogP contribution in [0, 0.1) is 0 Å². The second kappa shape index (κ2) is 21.1. The molecule has 0 aliphatic rings. The third-order valence-electron chi connectivity index (χ3n) is 5.77. The van der Waals surface area contributed by atoms with Crippen LogP contribution in [-0.2, 0) is 13.6 Å². The maximum absolute atomic E-state index is 11.8. The average molecular weight is 482 g/mol. The Balaban J connectivity index is 3.25. The lowest BCUT2D eigenvalue weighted by atomic mass is 10.0. The van der Waals surface area contributed by atoms with Crippen molar-refractivity contribution in [2.45, 2.75) is 122 Å². The first-order valence-electron chi connectivity index (χ1n) is 13.2. The largest absolute Gasteiger partial charge is 0.472 e. The van der Waals surface area contributed by atoms with Gasteiger partial charge in [0, 0.05) is 27.3 Å². The molecule has 0 fully saturated rings. The lowest BCUT2D eigenvalue weighted by molar-refractivity contribution is 0.153. The van der Waals surface area contributed by atoms with Gasteiger partial charge in [0.15, 0.2) is 0 Å². The van der Waals surface area contributed by atoms with Gasteiger partial charge in [-0.2, -0.15) is 0 Å². The van der Waals surface area contributed by atoms with Gasteiger partial charge in [-0.1, -0.05) is 116 Å². The molecule has 4 nitrogen and oxygen atoms in total. The van der Waals surface area contributed by atoms with Crippen molar-refractivity contribution in [3.8, 4) is 0 Å². The number of hydrogen-bond acceptors (Lipinski definition) is 3. The second-order valence-electron chi connectivity index (χ2n) is 10.2. The number of unbranched alkanes of at least 4 members (excludes halogenated alkanes) is 17. The fraction of sp³-hybridized carbons (Fsp3) is 1.00. The molecule has 0 bridgehead atoms. The Morgan fingerprint density at radius 1 is 0.581 bits per heavy atom. The lowest BCUT2D eigenvalue weighted by Gasteiger charge is -2.15. The molecule has 0 amide bonds. The molecular formula is C25H55O4P2+. The van der Waals surface area contributed by atoms with Crippen LogP contribution in [0.2, 0.25) is 0 Å². The van der Waals surface area contributed by atoms with E-state index in [2.05, 4.69) is 26.9 Å². The van der Waals surface area contributed by atoms with Gasteiger partial charge in [0.2, 0.25) is 0 Å². The van der Waals surface area contributed by atoms with Crippen LogP contribution in [0.5, 0.6) is 0 Å². The van der Waals surface area contributed by atoms with Gasteiger partial charge >= 0.3 is 7.82 Å². The third-order valence-corrected chi connectivity index (χ3v) is 8.31. The first kappa shape index (κ1) is 31.5. The minimum absolute atomic E-state index is 0.310. The molecule has 0 saturated heterocycles. The topological polar surface area (TPSA) is 55.8 Å². The van der Waals surface area contributed by atoms with E-state index in [1.165, 1.54) is 103 Å². The van der Waals surface area contributed by atoms with Gasteiger partial charge in [0.05, 0.1) is 19.4 Å². The zero-order chi connectivity index (χ0) is 23.3. The van der Waals surface area contributed by atoms with E-state index in [0.29, 0.717) is 13.2 Å². The molecule has 0 heterocycles. The van der Waals surface area contributed by atoms with Crippen LogP contribution in [0.25, 0.3) is 0 Å². The molecule has 0 rings (SSSR count). The van der Waals surface area contributed by atoms with E-state index < -0.39 is 15.1 Å². The molecule has 0 saturated carbocycles. The minimum atomic E-state index is -3.85. The van der Waals surface area contributed by atoms with Crippen LogP contribution >= 0.6 is 15.1 Å². The fourth-order valence-corrected chi connectivity index (χ4v) is 5.19. The zero-order valence-electron chi connectivity index (χ0n) is 21.4. The number of phosphoric ester groups is 1. The van der Waals surface area contributed by atoms with E-state index >= 15 is 0 Å². The van der Waals surface area contributed by atoms with Crippen LogP contribution < -0.4 is 0 Å². The SMILES string of the molecule is CCCCCCCCCCCCCCCCCCCCOP(=O)(O)OCC[P+](C)(C)C. The second-order valence-corrected chi connectivity index (χ2v) is 16.6. The van der Waals surface area contributed by atoms with E-state index in [1.807, 2.05) is 0 Å². The van der Waals surface area contributed by atoms with E-state index in [4.69, 9.17) is 9.05 Å². The van der Waals surface area contributed by atoms with Crippen molar-refractivity contribution >= 4 is 15.1 Å². The molecule has 0 aromatic rings. The van der Waals surface area contributed by atoms with Crippen molar-refractivity contribution < 1.29 is 18.5 Å². The van der Waals surface area contributed by atoms with Crippen molar-refractivity contribution in [1.82, 2.24) is 0 Å². The van der Waals surface area contributed by atoms with Crippen molar-refractivity contribution in [3.05, 3.63) is 0 Å². The van der Waals surface area contributed by atoms with E-state index in [0.717, 1.165) is 19.0 Å². The highest BCUT2D eigenvalue weighted by molar-refractivity contribution is 7.73. The summed E-state index contributed by atoms with van der Waals surface area (Å²) < 4.78 is 21.9. The van der Waals surface area contributed by atoms with Crippen molar-refractivity contribution in [1.29, 1.82) is 0 Å². The Labute approximate surface area is 195 Å². The molecule has 6 heteroatoms. The van der Waals surface area contributed by atoms with Crippen LogP contribution in [-0.4, -0.2) is 44.3 Å². The molecule has 1 unspecified atom stereocenters. The summed E-state index contributed by atoms with van der Waals surface area (Å²) in [4.78, 5) is 9.68. The predicted octanol–water partition coefficient (Wildman–Crippen LogP) is 9.07. The highest BCUT2D eigenvalue weighted by Gasteiger charge is 2.24. The van der Waals surface area contributed by atoms with Gasteiger partial charge in [-0.05, 0) is 6.42 Å².